The molecule has 5 heteroatoms. The highest BCUT2D eigenvalue weighted by Gasteiger charge is 2.17. The van der Waals surface area contributed by atoms with Gasteiger partial charge in [0.05, 0.1) is 17.8 Å². The van der Waals surface area contributed by atoms with Gasteiger partial charge in [0.1, 0.15) is 0 Å². The van der Waals surface area contributed by atoms with Crippen LogP contribution in [0.2, 0.25) is 0 Å². The highest BCUT2D eigenvalue weighted by molar-refractivity contribution is 5.81. The van der Waals surface area contributed by atoms with E-state index >= 15 is 0 Å². The Hall–Kier alpha value is -1.36. The molecule has 0 radical (unpaired) electrons. The summed E-state index contributed by atoms with van der Waals surface area (Å²) in [5.41, 5.74) is 1.08. The van der Waals surface area contributed by atoms with Crippen LogP contribution in [0.1, 0.15) is 40.2 Å². The Morgan fingerprint density at radius 1 is 1.53 bits per heavy atom. The Balaban J connectivity index is 2.53. The van der Waals surface area contributed by atoms with Crippen molar-refractivity contribution in [3.05, 3.63) is 18.0 Å². The zero-order chi connectivity index (χ0) is 14.6. The van der Waals surface area contributed by atoms with Gasteiger partial charge in [0.15, 0.2) is 0 Å². The number of rotatable bonds is 5. The standard InChI is InChI=1S/C14H26N4O/c1-7-17(6)13(19)11(2)15-8-12-9-16-18(10-12)14(3,4)5/h9-11,15H,7-8H2,1-6H3. The van der Waals surface area contributed by atoms with Gasteiger partial charge in [0.2, 0.25) is 5.91 Å². The number of hydrogen-bond acceptors (Lipinski definition) is 3. The van der Waals surface area contributed by atoms with Crippen LogP contribution in [0.5, 0.6) is 0 Å². The molecule has 1 rings (SSSR count). The maximum atomic E-state index is 11.9. The molecule has 0 aliphatic carbocycles. The Labute approximate surface area is 116 Å². The first-order chi connectivity index (χ1) is 8.75. The minimum absolute atomic E-state index is 0.0118. The van der Waals surface area contributed by atoms with Crippen LogP contribution in [0.25, 0.3) is 0 Å². The van der Waals surface area contributed by atoms with Crippen molar-refractivity contribution in [1.29, 1.82) is 0 Å². The second-order valence-corrected chi connectivity index (χ2v) is 5.92. The summed E-state index contributed by atoms with van der Waals surface area (Å²) in [6.45, 7) is 11.6. The van der Waals surface area contributed by atoms with E-state index < -0.39 is 0 Å². The second kappa shape index (κ2) is 6.19. The average Bonchev–Trinajstić information content (AvgIpc) is 2.82. The minimum Gasteiger partial charge on any atom is -0.345 e. The summed E-state index contributed by atoms with van der Waals surface area (Å²) in [5.74, 6) is 0.116. The second-order valence-electron chi connectivity index (χ2n) is 5.92. The topological polar surface area (TPSA) is 50.2 Å². The molecule has 0 spiro atoms. The van der Waals surface area contributed by atoms with Crippen LogP contribution in [0.15, 0.2) is 12.4 Å². The average molecular weight is 266 g/mol. The molecule has 1 heterocycles. The largest absolute Gasteiger partial charge is 0.345 e. The summed E-state index contributed by atoms with van der Waals surface area (Å²) < 4.78 is 1.94. The first kappa shape index (κ1) is 15.7. The molecule has 108 valence electrons. The highest BCUT2D eigenvalue weighted by Crippen LogP contribution is 2.13. The van der Waals surface area contributed by atoms with Crippen molar-refractivity contribution in [3.8, 4) is 0 Å². The summed E-state index contributed by atoms with van der Waals surface area (Å²) in [6.07, 6.45) is 3.87. The number of carbonyl (C=O) groups excluding carboxylic acids is 1. The van der Waals surface area contributed by atoms with Gasteiger partial charge >= 0.3 is 0 Å². The van der Waals surface area contributed by atoms with E-state index in [0.29, 0.717) is 6.54 Å². The molecule has 1 unspecified atom stereocenters. The van der Waals surface area contributed by atoms with Gasteiger partial charge in [0, 0.05) is 31.9 Å². The molecular formula is C14H26N4O. The number of aromatic nitrogens is 2. The molecule has 19 heavy (non-hydrogen) atoms. The lowest BCUT2D eigenvalue weighted by atomic mass is 10.1. The smallest absolute Gasteiger partial charge is 0.239 e. The third-order valence-corrected chi connectivity index (χ3v) is 3.16. The molecule has 0 bridgehead atoms. The van der Waals surface area contributed by atoms with Crippen LogP contribution in [0.4, 0.5) is 0 Å². The van der Waals surface area contributed by atoms with Gasteiger partial charge in [-0.15, -0.1) is 0 Å². The first-order valence-corrected chi connectivity index (χ1v) is 6.78. The van der Waals surface area contributed by atoms with Crippen molar-refractivity contribution in [3.63, 3.8) is 0 Å². The molecule has 0 saturated heterocycles. The lowest BCUT2D eigenvalue weighted by molar-refractivity contribution is -0.131. The predicted molar refractivity (Wildman–Crippen MR) is 76.8 cm³/mol. The number of carbonyl (C=O) groups is 1. The fourth-order valence-corrected chi connectivity index (χ4v) is 1.66. The molecular weight excluding hydrogens is 240 g/mol. The van der Waals surface area contributed by atoms with E-state index in [4.69, 9.17) is 0 Å². The maximum Gasteiger partial charge on any atom is 0.239 e. The molecule has 5 nitrogen and oxygen atoms in total. The minimum atomic E-state index is -0.178. The maximum absolute atomic E-state index is 11.9. The van der Waals surface area contributed by atoms with E-state index in [0.717, 1.165) is 12.1 Å². The summed E-state index contributed by atoms with van der Waals surface area (Å²) >= 11 is 0. The summed E-state index contributed by atoms with van der Waals surface area (Å²) in [4.78, 5) is 13.6. The van der Waals surface area contributed by atoms with Crippen molar-refractivity contribution in [2.45, 2.75) is 52.7 Å². The molecule has 1 N–H and O–H groups in total. The van der Waals surface area contributed by atoms with Crippen LogP contribution in [-0.4, -0.2) is 40.2 Å². The quantitative estimate of drug-likeness (QED) is 0.880. The van der Waals surface area contributed by atoms with Crippen LogP contribution >= 0.6 is 0 Å². The molecule has 0 aliphatic rings. The highest BCUT2D eigenvalue weighted by atomic mass is 16.2. The van der Waals surface area contributed by atoms with Gasteiger partial charge in [-0.2, -0.15) is 5.10 Å². The van der Waals surface area contributed by atoms with Crippen LogP contribution < -0.4 is 5.32 Å². The van der Waals surface area contributed by atoms with E-state index in [9.17, 15) is 4.79 Å². The van der Waals surface area contributed by atoms with Crippen molar-refractivity contribution < 1.29 is 4.79 Å². The Morgan fingerprint density at radius 3 is 2.63 bits per heavy atom. The Morgan fingerprint density at radius 2 is 2.16 bits per heavy atom. The van der Waals surface area contributed by atoms with E-state index in [1.54, 1.807) is 4.90 Å². The summed E-state index contributed by atoms with van der Waals surface area (Å²) in [5, 5.41) is 7.58. The summed E-state index contributed by atoms with van der Waals surface area (Å²) in [6, 6.07) is -0.178. The van der Waals surface area contributed by atoms with Crippen molar-refractivity contribution >= 4 is 5.91 Å². The monoisotopic (exact) mass is 266 g/mol. The normalized spacial score (nSPS) is 13.4. The SMILES string of the molecule is CCN(C)C(=O)C(C)NCc1cnn(C(C)(C)C)c1. The van der Waals surface area contributed by atoms with Crippen molar-refractivity contribution in [2.75, 3.05) is 13.6 Å². The first-order valence-electron chi connectivity index (χ1n) is 6.78. The van der Waals surface area contributed by atoms with Gasteiger partial charge in [-0.25, -0.2) is 0 Å². The predicted octanol–water partition coefficient (Wildman–Crippen LogP) is 1.59. The Kier molecular flexibility index (Phi) is 5.11. The molecule has 1 aromatic rings. The van der Waals surface area contributed by atoms with E-state index in [1.807, 2.05) is 38.0 Å². The lowest BCUT2D eigenvalue weighted by Gasteiger charge is -2.20. The molecule has 1 aromatic heterocycles. The number of amides is 1. The Bertz CT molecular complexity index is 419. The fourth-order valence-electron chi connectivity index (χ4n) is 1.66. The number of nitrogens with one attached hydrogen (secondary N) is 1. The van der Waals surface area contributed by atoms with Crippen LogP contribution in [0, 0.1) is 0 Å². The van der Waals surface area contributed by atoms with Gasteiger partial charge in [-0.05, 0) is 34.6 Å². The molecule has 0 aliphatic heterocycles. The molecule has 0 aromatic carbocycles. The summed E-state index contributed by atoms with van der Waals surface area (Å²) in [7, 11) is 1.82. The molecule has 0 fully saturated rings. The van der Waals surface area contributed by atoms with Crippen LogP contribution in [-0.2, 0) is 16.9 Å². The van der Waals surface area contributed by atoms with Crippen molar-refractivity contribution in [2.24, 2.45) is 0 Å². The lowest BCUT2D eigenvalue weighted by Crippen LogP contribution is -2.42. The van der Waals surface area contributed by atoms with Crippen molar-refractivity contribution in [1.82, 2.24) is 20.0 Å². The molecule has 1 amide bonds. The zero-order valence-corrected chi connectivity index (χ0v) is 12.9. The number of nitrogens with zero attached hydrogens (tertiary/aromatic N) is 3. The number of hydrogen-bond donors (Lipinski definition) is 1. The van der Waals surface area contributed by atoms with Gasteiger partial charge in [-0.3, -0.25) is 9.48 Å². The number of likely N-dealkylation sites (N-methyl/N-ethyl adjacent to an activating group) is 1. The van der Waals surface area contributed by atoms with Gasteiger partial charge in [0.25, 0.3) is 0 Å². The molecule has 1 atom stereocenters. The molecule has 0 saturated carbocycles. The van der Waals surface area contributed by atoms with E-state index in [1.165, 1.54) is 0 Å². The third-order valence-electron chi connectivity index (χ3n) is 3.16. The van der Waals surface area contributed by atoms with Gasteiger partial charge < -0.3 is 10.2 Å². The zero-order valence-electron chi connectivity index (χ0n) is 12.9. The van der Waals surface area contributed by atoms with E-state index in [-0.39, 0.29) is 17.5 Å². The van der Waals surface area contributed by atoms with E-state index in [2.05, 4.69) is 31.2 Å². The fraction of sp³-hybridized carbons (Fsp3) is 0.714. The van der Waals surface area contributed by atoms with Gasteiger partial charge in [-0.1, -0.05) is 0 Å². The van der Waals surface area contributed by atoms with Crippen LogP contribution in [0.3, 0.4) is 0 Å². The third kappa shape index (κ3) is 4.35.